The fourth-order valence-corrected chi connectivity index (χ4v) is 1.73. The summed E-state index contributed by atoms with van der Waals surface area (Å²) in [5.41, 5.74) is 5.33. The van der Waals surface area contributed by atoms with Gasteiger partial charge in [0.15, 0.2) is 0 Å². The third-order valence-corrected chi connectivity index (χ3v) is 2.97. The minimum Gasteiger partial charge on any atom is -0.508 e. The van der Waals surface area contributed by atoms with Gasteiger partial charge in [0.05, 0.1) is 5.56 Å². The molecule has 0 fully saturated rings. The van der Waals surface area contributed by atoms with E-state index in [1.807, 2.05) is 0 Å². The predicted molar refractivity (Wildman–Crippen MR) is 72.2 cm³/mol. The van der Waals surface area contributed by atoms with Crippen molar-refractivity contribution in [2.24, 2.45) is 16.8 Å². The van der Waals surface area contributed by atoms with E-state index in [-0.39, 0.29) is 29.6 Å². The maximum Gasteiger partial charge on any atom is 0.256 e. The molecule has 0 aliphatic heterocycles. The number of halogens is 1. The maximum atomic E-state index is 13.7. The van der Waals surface area contributed by atoms with E-state index in [1.54, 1.807) is 13.8 Å². The fraction of sp³-hybridized carbons (Fsp3) is 0.385. The normalized spacial score (nSPS) is 13.1. The summed E-state index contributed by atoms with van der Waals surface area (Å²) in [5.74, 6) is -1.90. The Bertz CT molecular complexity index is 520. The highest BCUT2D eigenvalue weighted by Gasteiger charge is 2.21. The third-order valence-electron chi connectivity index (χ3n) is 2.97. The second kappa shape index (κ2) is 6.74. The average molecular weight is 283 g/mol. The smallest absolute Gasteiger partial charge is 0.256 e. The molecule has 0 aliphatic carbocycles. The van der Waals surface area contributed by atoms with Crippen LogP contribution in [0.25, 0.3) is 0 Å². The molecule has 7 heteroatoms. The molecule has 1 unspecified atom stereocenters. The number of carbonyl (C=O) groups is 1. The van der Waals surface area contributed by atoms with Gasteiger partial charge < -0.3 is 20.9 Å². The minimum absolute atomic E-state index is 0.00225. The second-order valence-corrected chi connectivity index (χ2v) is 4.43. The van der Waals surface area contributed by atoms with E-state index in [0.29, 0.717) is 6.54 Å². The first-order valence-electron chi connectivity index (χ1n) is 6.15. The molecular weight excluding hydrogens is 265 g/mol. The summed E-state index contributed by atoms with van der Waals surface area (Å²) in [6.07, 6.45) is 0. The second-order valence-electron chi connectivity index (χ2n) is 4.43. The fourth-order valence-electron chi connectivity index (χ4n) is 1.73. The summed E-state index contributed by atoms with van der Waals surface area (Å²) in [4.78, 5) is 13.6. The van der Waals surface area contributed by atoms with Crippen molar-refractivity contribution in [3.05, 3.63) is 29.6 Å². The van der Waals surface area contributed by atoms with Gasteiger partial charge in [0.2, 0.25) is 0 Å². The van der Waals surface area contributed by atoms with E-state index in [1.165, 1.54) is 17.0 Å². The molecule has 0 aliphatic rings. The highest BCUT2D eigenvalue weighted by molar-refractivity contribution is 5.95. The van der Waals surface area contributed by atoms with E-state index < -0.39 is 11.7 Å². The zero-order valence-corrected chi connectivity index (χ0v) is 11.4. The number of nitrogens with zero attached hydrogens (tertiary/aromatic N) is 2. The lowest BCUT2D eigenvalue weighted by molar-refractivity contribution is 0.0749. The first kappa shape index (κ1) is 15.7. The number of rotatable bonds is 5. The lowest BCUT2D eigenvalue weighted by Crippen LogP contribution is -2.39. The quantitative estimate of drug-likeness (QED) is 0.329. The summed E-state index contributed by atoms with van der Waals surface area (Å²) >= 11 is 0. The zero-order chi connectivity index (χ0) is 15.3. The first-order chi connectivity index (χ1) is 9.40. The number of phenolic OH excluding ortho intramolecular Hbond substituents is 1. The van der Waals surface area contributed by atoms with Crippen LogP contribution in [-0.2, 0) is 0 Å². The number of hydrogen-bond acceptors (Lipinski definition) is 4. The molecule has 4 N–H and O–H groups in total. The highest BCUT2D eigenvalue weighted by Crippen LogP contribution is 2.17. The highest BCUT2D eigenvalue weighted by atomic mass is 19.1. The van der Waals surface area contributed by atoms with Gasteiger partial charge in [-0.1, -0.05) is 12.1 Å². The molecule has 0 saturated heterocycles. The number of hydrogen-bond donors (Lipinski definition) is 3. The van der Waals surface area contributed by atoms with Crippen LogP contribution in [0.5, 0.6) is 5.75 Å². The molecule has 0 spiro atoms. The number of phenols is 1. The Morgan fingerprint density at radius 2 is 2.20 bits per heavy atom. The van der Waals surface area contributed by atoms with Crippen molar-refractivity contribution < 1.29 is 19.5 Å². The van der Waals surface area contributed by atoms with Gasteiger partial charge in [-0.3, -0.25) is 4.79 Å². The van der Waals surface area contributed by atoms with Gasteiger partial charge in [0.25, 0.3) is 5.91 Å². The first-order valence-corrected chi connectivity index (χ1v) is 6.15. The van der Waals surface area contributed by atoms with Crippen LogP contribution in [0.15, 0.2) is 23.4 Å². The van der Waals surface area contributed by atoms with Gasteiger partial charge in [-0.2, -0.15) is 0 Å². The molecule has 0 saturated carbocycles. The van der Waals surface area contributed by atoms with Crippen LogP contribution in [0, 0.1) is 11.7 Å². The van der Waals surface area contributed by atoms with E-state index >= 15 is 0 Å². The predicted octanol–water partition coefficient (Wildman–Crippen LogP) is 1.38. The number of amides is 1. The molecule has 0 heterocycles. The largest absolute Gasteiger partial charge is 0.508 e. The van der Waals surface area contributed by atoms with Crippen LogP contribution >= 0.6 is 0 Å². The van der Waals surface area contributed by atoms with Crippen LogP contribution in [0.1, 0.15) is 24.2 Å². The van der Waals surface area contributed by atoms with Crippen molar-refractivity contribution in [1.29, 1.82) is 0 Å². The molecule has 20 heavy (non-hydrogen) atoms. The van der Waals surface area contributed by atoms with Gasteiger partial charge in [-0.25, -0.2) is 4.39 Å². The van der Waals surface area contributed by atoms with Crippen molar-refractivity contribution in [3.63, 3.8) is 0 Å². The summed E-state index contributed by atoms with van der Waals surface area (Å²) in [5, 5.41) is 20.6. The van der Waals surface area contributed by atoms with Gasteiger partial charge in [-0.05, 0) is 19.1 Å². The SMILES string of the molecule is CCN(CC(C)/C(N)=N/O)C(=O)c1ccc(O)cc1F. The number of nitrogens with two attached hydrogens (primary N) is 1. The van der Waals surface area contributed by atoms with Gasteiger partial charge in [-0.15, -0.1) is 0 Å². The third kappa shape index (κ3) is 3.59. The molecule has 110 valence electrons. The molecule has 1 atom stereocenters. The molecular formula is C13H18FN3O3. The van der Waals surface area contributed by atoms with E-state index in [2.05, 4.69) is 5.16 Å². The monoisotopic (exact) mass is 283 g/mol. The van der Waals surface area contributed by atoms with E-state index in [9.17, 15) is 9.18 Å². The summed E-state index contributed by atoms with van der Waals surface area (Å²) in [6.45, 7) is 3.99. The minimum atomic E-state index is -0.787. The van der Waals surface area contributed by atoms with Crippen LogP contribution in [-0.4, -0.2) is 40.0 Å². The molecule has 0 bridgehead atoms. The number of aromatic hydroxyl groups is 1. The standard InChI is InChI=1S/C13H18FN3O3/c1-3-17(7-8(2)12(15)16-20)13(19)10-5-4-9(18)6-11(10)14/h4-6,8,18,20H,3,7H2,1-2H3,(H2,15,16). The number of oxime groups is 1. The van der Waals surface area contributed by atoms with E-state index in [0.717, 1.165) is 6.07 Å². The van der Waals surface area contributed by atoms with Crippen molar-refractivity contribution in [2.75, 3.05) is 13.1 Å². The van der Waals surface area contributed by atoms with Crippen LogP contribution in [0.4, 0.5) is 4.39 Å². The van der Waals surface area contributed by atoms with Crippen molar-refractivity contribution >= 4 is 11.7 Å². The molecule has 0 aromatic heterocycles. The van der Waals surface area contributed by atoms with Crippen LogP contribution in [0.2, 0.25) is 0 Å². The van der Waals surface area contributed by atoms with Crippen LogP contribution in [0.3, 0.4) is 0 Å². The van der Waals surface area contributed by atoms with Crippen molar-refractivity contribution in [3.8, 4) is 5.75 Å². The van der Waals surface area contributed by atoms with Gasteiger partial charge in [0, 0.05) is 25.1 Å². The Balaban J connectivity index is 2.92. The van der Waals surface area contributed by atoms with Crippen LogP contribution < -0.4 is 5.73 Å². The maximum absolute atomic E-state index is 13.7. The van der Waals surface area contributed by atoms with Crippen molar-refractivity contribution in [2.45, 2.75) is 13.8 Å². The topological polar surface area (TPSA) is 99.1 Å². The van der Waals surface area contributed by atoms with E-state index in [4.69, 9.17) is 16.0 Å². The molecule has 1 aromatic rings. The summed E-state index contributed by atoms with van der Waals surface area (Å²) in [7, 11) is 0. The van der Waals surface area contributed by atoms with Crippen molar-refractivity contribution in [1.82, 2.24) is 4.90 Å². The Morgan fingerprint density at radius 1 is 1.55 bits per heavy atom. The molecule has 1 aromatic carbocycles. The summed E-state index contributed by atoms with van der Waals surface area (Å²) < 4.78 is 13.7. The Kier molecular flexibility index (Phi) is 5.31. The Labute approximate surface area is 116 Å². The number of benzene rings is 1. The number of amidine groups is 1. The van der Waals surface area contributed by atoms with Gasteiger partial charge in [0.1, 0.15) is 17.4 Å². The Hall–Kier alpha value is -2.31. The zero-order valence-electron chi connectivity index (χ0n) is 11.4. The summed E-state index contributed by atoms with van der Waals surface area (Å²) in [6, 6.07) is 3.36. The van der Waals surface area contributed by atoms with Gasteiger partial charge >= 0.3 is 0 Å². The lowest BCUT2D eigenvalue weighted by atomic mass is 10.1. The average Bonchev–Trinajstić information content (AvgIpc) is 2.42. The number of carbonyl (C=O) groups excluding carboxylic acids is 1. The molecule has 6 nitrogen and oxygen atoms in total. The molecule has 1 rings (SSSR count). The molecule has 1 amide bonds. The Morgan fingerprint density at radius 3 is 2.70 bits per heavy atom. The molecule has 0 radical (unpaired) electrons. The lowest BCUT2D eigenvalue weighted by Gasteiger charge is -2.24.